The average Bonchev–Trinajstić information content (AvgIpc) is 2.84. The molecule has 0 spiro atoms. The minimum absolute atomic E-state index is 1.34. The molecule has 0 bridgehead atoms. The third-order valence-corrected chi connectivity index (χ3v) is 17.8. The Morgan fingerprint density at radius 2 is 0.333 bits per heavy atom. The van der Waals surface area contributed by atoms with Gasteiger partial charge in [0.25, 0.3) is 0 Å². The Morgan fingerprint density at radius 3 is 0.452 bits per heavy atom. The first-order valence-corrected chi connectivity index (χ1v) is 29.7. The largest absolute Gasteiger partial charge is 0.0774 e. The molecule has 0 aliphatic rings. The molecule has 0 saturated heterocycles. The van der Waals surface area contributed by atoms with Crippen molar-refractivity contribution in [1.82, 2.24) is 0 Å². The van der Waals surface area contributed by atoms with Crippen LogP contribution in [0.3, 0.4) is 0 Å². The van der Waals surface area contributed by atoms with E-state index in [4.69, 9.17) is 0 Å². The van der Waals surface area contributed by atoms with Gasteiger partial charge in [-0.15, -0.1) is 0 Å². The summed E-state index contributed by atoms with van der Waals surface area (Å²) in [6, 6.07) is 29.7. The van der Waals surface area contributed by atoms with Crippen LogP contribution in [-0.2, 0) is 0 Å². The number of hydrogen-bond acceptors (Lipinski definition) is 0. The van der Waals surface area contributed by atoms with Crippen molar-refractivity contribution in [1.29, 1.82) is 0 Å². The minimum atomic E-state index is -1.46. The highest BCUT2D eigenvalue weighted by Gasteiger charge is 2.29. The highest BCUT2D eigenvalue weighted by molar-refractivity contribution is 6.99. The van der Waals surface area contributed by atoms with Crippen LogP contribution < -0.4 is 20.7 Å². The van der Waals surface area contributed by atoms with E-state index < -0.39 is 32.3 Å². The van der Waals surface area contributed by atoms with Crippen LogP contribution in [0.4, 0.5) is 0 Å². The highest BCUT2D eigenvalue weighted by Crippen LogP contribution is 2.32. The smallest absolute Gasteiger partial charge is 0.0656 e. The van der Waals surface area contributed by atoms with Crippen molar-refractivity contribution in [2.45, 2.75) is 78.6 Å². The van der Waals surface area contributed by atoms with Crippen LogP contribution in [0.1, 0.15) is 0 Å². The molecule has 4 heteroatoms. The van der Waals surface area contributed by atoms with Crippen LogP contribution in [0.5, 0.6) is 0 Å². The van der Waals surface area contributed by atoms with E-state index in [9.17, 15) is 0 Å². The van der Waals surface area contributed by atoms with Crippen molar-refractivity contribution in [3.05, 3.63) is 72.8 Å². The summed E-state index contributed by atoms with van der Waals surface area (Å²) in [6.07, 6.45) is 0. The third-order valence-electron chi connectivity index (χ3n) is 9.17. The first kappa shape index (κ1) is 29.6. The summed E-state index contributed by atoms with van der Waals surface area (Å²) in [4.78, 5) is 0. The van der Waals surface area contributed by atoms with Crippen molar-refractivity contribution in [3.8, 4) is 0 Å². The molecule has 0 aliphatic heterocycles. The number of rotatable bonds is 4. The van der Waals surface area contributed by atoms with Crippen molar-refractivity contribution in [2.24, 2.45) is 0 Å². The fraction of sp³-hybridized carbons (Fsp3) is 0.316. The molecule has 0 N–H and O–H groups in total. The average molecular weight is 617 g/mol. The molecule has 0 nitrogen and oxygen atoms in total. The second-order valence-corrected chi connectivity index (χ2v) is 37.1. The van der Waals surface area contributed by atoms with Crippen molar-refractivity contribution in [2.75, 3.05) is 0 Å². The van der Waals surface area contributed by atoms with Crippen LogP contribution >= 0.6 is 0 Å². The van der Waals surface area contributed by atoms with Crippen LogP contribution in [0.2, 0.25) is 78.6 Å². The molecule has 6 aromatic rings. The molecular weight excluding hydrogens is 569 g/mol. The van der Waals surface area contributed by atoms with Gasteiger partial charge in [-0.1, -0.05) is 124 Å². The molecule has 6 aromatic carbocycles. The lowest BCUT2D eigenvalue weighted by atomic mass is 9.96. The zero-order chi connectivity index (χ0) is 30.6. The molecule has 216 valence electrons. The Kier molecular flexibility index (Phi) is 6.68. The van der Waals surface area contributed by atoms with Gasteiger partial charge in [0.15, 0.2) is 0 Å². The van der Waals surface area contributed by atoms with Crippen molar-refractivity contribution in [3.63, 3.8) is 0 Å². The molecule has 0 heterocycles. The maximum absolute atomic E-state index is 2.55. The maximum Gasteiger partial charge on any atom is 0.0774 e. The SMILES string of the molecule is C[Si](C)(C)c1cc2cc3cc4cc5cc6cc([Si](C)(C)C)c([Si](C)(C)C)cc6cc5cc4cc3cc2cc1[Si](C)(C)C. The van der Waals surface area contributed by atoms with Gasteiger partial charge < -0.3 is 0 Å². The zero-order valence-corrected chi connectivity index (χ0v) is 31.9. The molecule has 0 aliphatic carbocycles. The van der Waals surface area contributed by atoms with Gasteiger partial charge >= 0.3 is 0 Å². The van der Waals surface area contributed by atoms with E-state index in [1.54, 1.807) is 20.7 Å². The van der Waals surface area contributed by atoms with Gasteiger partial charge in [-0.3, -0.25) is 0 Å². The standard InChI is InChI=1S/C38H48Si4/c1-39(2,3)35-21-31-17-27-13-25-15-29-19-33-23-37(41(7,8)9)38(42(10,11)12)24-34(33)20-30(29)16-26(25)14-28(27)18-32(31)22-36(35)40(4,5)6/h13-24H,1-12H3. The van der Waals surface area contributed by atoms with Crippen LogP contribution in [0.25, 0.3) is 53.9 Å². The van der Waals surface area contributed by atoms with Crippen LogP contribution in [-0.4, -0.2) is 32.3 Å². The molecule has 0 saturated carbocycles. The summed E-state index contributed by atoms with van der Waals surface area (Å²) in [5.41, 5.74) is 0. The first-order valence-electron chi connectivity index (χ1n) is 15.7. The zero-order valence-electron chi connectivity index (χ0n) is 27.9. The quantitative estimate of drug-likeness (QED) is 0.137. The highest BCUT2D eigenvalue weighted by atomic mass is 28.3. The lowest BCUT2D eigenvalue weighted by Crippen LogP contribution is -2.56. The van der Waals surface area contributed by atoms with Gasteiger partial charge in [-0.2, -0.15) is 0 Å². The molecule has 6 rings (SSSR count). The maximum atomic E-state index is 2.55. The van der Waals surface area contributed by atoms with E-state index in [1.807, 2.05) is 0 Å². The summed E-state index contributed by atoms with van der Waals surface area (Å²) >= 11 is 0. The summed E-state index contributed by atoms with van der Waals surface area (Å²) in [7, 11) is -5.84. The van der Waals surface area contributed by atoms with Crippen molar-refractivity contribution < 1.29 is 0 Å². The molecule has 0 amide bonds. The van der Waals surface area contributed by atoms with E-state index >= 15 is 0 Å². The fourth-order valence-electron chi connectivity index (χ4n) is 6.84. The van der Waals surface area contributed by atoms with Gasteiger partial charge in [0.05, 0.1) is 32.3 Å². The monoisotopic (exact) mass is 616 g/mol. The van der Waals surface area contributed by atoms with Gasteiger partial charge in [-0.25, -0.2) is 0 Å². The van der Waals surface area contributed by atoms with E-state index in [1.165, 1.54) is 53.9 Å². The van der Waals surface area contributed by atoms with Gasteiger partial charge in [-0.05, 0) is 102 Å². The second-order valence-electron chi connectivity index (χ2n) is 16.9. The van der Waals surface area contributed by atoms with E-state index in [0.29, 0.717) is 0 Å². The molecule has 0 radical (unpaired) electrons. The van der Waals surface area contributed by atoms with Gasteiger partial charge in [0.2, 0.25) is 0 Å². The van der Waals surface area contributed by atoms with E-state index in [0.717, 1.165) is 0 Å². The summed E-state index contributed by atoms with van der Waals surface area (Å²) in [5.74, 6) is 0. The normalized spacial score (nSPS) is 13.7. The van der Waals surface area contributed by atoms with E-state index in [2.05, 4.69) is 151 Å². The predicted molar refractivity (Wildman–Crippen MR) is 206 cm³/mol. The fourth-order valence-corrected chi connectivity index (χ4v) is 17.2. The summed E-state index contributed by atoms with van der Waals surface area (Å²) in [6.45, 7) is 30.0. The van der Waals surface area contributed by atoms with Gasteiger partial charge in [0.1, 0.15) is 0 Å². The second kappa shape index (κ2) is 9.49. The summed E-state index contributed by atoms with van der Waals surface area (Å²) < 4.78 is 0. The molecule has 42 heavy (non-hydrogen) atoms. The van der Waals surface area contributed by atoms with E-state index in [-0.39, 0.29) is 0 Å². The number of fused-ring (bicyclic) bond motifs is 5. The lowest BCUT2D eigenvalue weighted by Gasteiger charge is -2.29. The Morgan fingerprint density at radius 1 is 0.214 bits per heavy atom. The predicted octanol–water partition coefficient (Wildman–Crippen LogP) is 9.63. The van der Waals surface area contributed by atoms with Crippen LogP contribution in [0, 0.1) is 0 Å². The Labute approximate surface area is 257 Å². The Balaban J connectivity index is 1.59. The van der Waals surface area contributed by atoms with Crippen molar-refractivity contribution >= 4 is 107 Å². The number of hydrogen-bond donors (Lipinski definition) is 0. The molecule has 0 aromatic heterocycles. The third kappa shape index (κ3) is 5.25. The number of benzene rings is 6. The Bertz CT molecular complexity index is 1760. The minimum Gasteiger partial charge on any atom is -0.0656 e. The molecular formula is C38H48Si4. The van der Waals surface area contributed by atoms with Gasteiger partial charge in [0, 0.05) is 0 Å². The molecule has 0 fully saturated rings. The molecule has 0 atom stereocenters. The van der Waals surface area contributed by atoms with Crippen LogP contribution in [0.15, 0.2) is 72.8 Å². The lowest BCUT2D eigenvalue weighted by molar-refractivity contribution is 1.69. The Hall–Kier alpha value is -2.51. The summed E-state index contributed by atoms with van der Waals surface area (Å²) in [5, 5.41) is 20.2. The first-order chi connectivity index (χ1) is 19.3. The molecule has 0 unspecified atom stereocenters. The topological polar surface area (TPSA) is 0 Å².